The molecule has 0 amide bonds. The number of carbonyl (C=O) groups is 1. The summed E-state index contributed by atoms with van der Waals surface area (Å²) in [5.74, 6) is 0.0151. The van der Waals surface area contributed by atoms with Gasteiger partial charge in [-0.2, -0.15) is 0 Å². The first kappa shape index (κ1) is 12.2. The number of ketones is 1. The average Bonchev–Trinajstić information content (AvgIpc) is 2.38. The number of aromatic hydroxyl groups is 1. The topological polar surface area (TPSA) is 46.5 Å². The van der Waals surface area contributed by atoms with Gasteiger partial charge in [0.1, 0.15) is 0 Å². The molecule has 0 spiro atoms. The highest BCUT2D eigenvalue weighted by Gasteiger charge is 2.16. The zero-order valence-corrected chi connectivity index (χ0v) is 10.3. The number of phenols is 1. The van der Waals surface area contributed by atoms with Crippen LogP contribution in [0, 0.1) is 6.92 Å². The highest BCUT2D eigenvalue weighted by molar-refractivity contribution is 6.11. The van der Waals surface area contributed by atoms with Crippen molar-refractivity contribution in [1.29, 1.82) is 0 Å². The van der Waals surface area contributed by atoms with Gasteiger partial charge in [-0.25, -0.2) is 0 Å². The molecule has 2 rings (SSSR count). The van der Waals surface area contributed by atoms with Crippen molar-refractivity contribution in [2.75, 3.05) is 7.11 Å². The molecule has 3 heteroatoms. The van der Waals surface area contributed by atoms with E-state index in [-0.39, 0.29) is 17.3 Å². The van der Waals surface area contributed by atoms with Gasteiger partial charge in [0, 0.05) is 5.56 Å². The fourth-order valence-electron chi connectivity index (χ4n) is 1.78. The Morgan fingerprint density at radius 2 is 1.78 bits per heavy atom. The van der Waals surface area contributed by atoms with Crippen molar-refractivity contribution >= 4 is 5.78 Å². The molecule has 0 fully saturated rings. The van der Waals surface area contributed by atoms with E-state index in [1.165, 1.54) is 13.2 Å². The van der Waals surface area contributed by atoms with Crippen molar-refractivity contribution in [3.63, 3.8) is 0 Å². The number of phenolic OH excluding ortho intramolecular Hbond substituents is 1. The molecule has 3 nitrogen and oxygen atoms in total. The number of benzene rings is 2. The van der Waals surface area contributed by atoms with Crippen LogP contribution >= 0.6 is 0 Å². The Labute approximate surface area is 106 Å². The van der Waals surface area contributed by atoms with Crippen LogP contribution in [0.25, 0.3) is 0 Å². The third-order valence-corrected chi connectivity index (χ3v) is 2.76. The molecule has 0 unspecified atom stereocenters. The van der Waals surface area contributed by atoms with Crippen LogP contribution in [-0.2, 0) is 0 Å². The van der Waals surface area contributed by atoms with Gasteiger partial charge in [0.05, 0.1) is 12.7 Å². The van der Waals surface area contributed by atoms with Gasteiger partial charge < -0.3 is 9.84 Å². The van der Waals surface area contributed by atoms with Gasteiger partial charge in [-0.05, 0) is 19.1 Å². The lowest BCUT2D eigenvalue weighted by molar-refractivity contribution is 0.103. The second-order valence-electron chi connectivity index (χ2n) is 4.05. The van der Waals surface area contributed by atoms with Crippen molar-refractivity contribution in [3.8, 4) is 11.5 Å². The van der Waals surface area contributed by atoms with E-state index in [2.05, 4.69) is 0 Å². The van der Waals surface area contributed by atoms with E-state index in [0.29, 0.717) is 11.1 Å². The predicted molar refractivity (Wildman–Crippen MR) is 69.3 cm³/mol. The SMILES string of the molecule is COc1c(O)cccc1C(=O)c1ccc(C)cc1. The lowest BCUT2D eigenvalue weighted by Gasteiger charge is -2.09. The van der Waals surface area contributed by atoms with E-state index in [9.17, 15) is 9.90 Å². The molecule has 0 bridgehead atoms. The Morgan fingerprint density at radius 3 is 2.39 bits per heavy atom. The van der Waals surface area contributed by atoms with Gasteiger partial charge in [0.15, 0.2) is 17.3 Å². The third-order valence-electron chi connectivity index (χ3n) is 2.76. The monoisotopic (exact) mass is 242 g/mol. The van der Waals surface area contributed by atoms with Crippen molar-refractivity contribution in [2.24, 2.45) is 0 Å². The average molecular weight is 242 g/mol. The molecule has 0 aliphatic carbocycles. The lowest BCUT2D eigenvalue weighted by atomic mass is 10.0. The predicted octanol–water partition coefficient (Wildman–Crippen LogP) is 2.94. The molecule has 0 heterocycles. The fraction of sp³-hybridized carbons (Fsp3) is 0.133. The van der Waals surface area contributed by atoms with Crippen LogP contribution in [0.2, 0.25) is 0 Å². The first-order valence-corrected chi connectivity index (χ1v) is 5.61. The van der Waals surface area contributed by atoms with Crippen LogP contribution in [0.1, 0.15) is 21.5 Å². The molecule has 2 aromatic carbocycles. The van der Waals surface area contributed by atoms with Gasteiger partial charge in [-0.15, -0.1) is 0 Å². The minimum atomic E-state index is -0.164. The van der Waals surface area contributed by atoms with Gasteiger partial charge in [-0.3, -0.25) is 4.79 Å². The van der Waals surface area contributed by atoms with Gasteiger partial charge in [0.25, 0.3) is 0 Å². The summed E-state index contributed by atoms with van der Waals surface area (Å²) in [6, 6.07) is 12.0. The van der Waals surface area contributed by atoms with E-state index < -0.39 is 0 Å². The van der Waals surface area contributed by atoms with Crippen LogP contribution in [-0.4, -0.2) is 18.0 Å². The summed E-state index contributed by atoms with van der Waals surface area (Å²) < 4.78 is 5.07. The number of hydrogen-bond donors (Lipinski definition) is 1. The molecular formula is C15H14O3. The number of para-hydroxylation sites is 1. The largest absolute Gasteiger partial charge is 0.504 e. The van der Waals surface area contributed by atoms with Crippen molar-refractivity contribution < 1.29 is 14.6 Å². The maximum Gasteiger partial charge on any atom is 0.196 e. The fourth-order valence-corrected chi connectivity index (χ4v) is 1.78. The molecule has 0 saturated heterocycles. The second kappa shape index (κ2) is 4.92. The molecule has 18 heavy (non-hydrogen) atoms. The first-order chi connectivity index (χ1) is 8.63. The normalized spacial score (nSPS) is 10.1. The van der Waals surface area contributed by atoms with E-state index in [1.807, 2.05) is 19.1 Å². The van der Waals surface area contributed by atoms with Crippen molar-refractivity contribution in [3.05, 3.63) is 59.2 Å². The van der Waals surface area contributed by atoms with E-state index in [0.717, 1.165) is 5.56 Å². The molecule has 0 saturated carbocycles. The molecule has 0 radical (unpaired) electrons. The summed E-state index contributed by atoms with van der Waals surface area (Å²) in [4.78, 5) is 12.3. The highest BCUT2D eigenvalue weighted by atomic mass is 16.5. The second-order valence-corrected chi connectivity index (χ2v) is 4.05. The number of methoxy groups -OCH3 is 1. The Hall–Kier alpha value is -2.29. The van der Waals surface area contributed by atoms with Crippen LogP contribution in [0.3, 0.4) is 0 Å². The zero-order valence-electron chi connectivity index (χ0n) is 10.3. The summed E-state index contributed by atoms with van der Waals surface area (Å²) in [7, 11) is 1.43. The Balaban J connectivity index is 2.46. The standard InChI is InChI=1S/C15H14O3/c1-10-6-8-11(9-7-10)14(17)12-4-3-5-13(16)15(12)18-2/h3-9,16H,1-2H3. The highest BCUT2D eigenvalue weighted by Crippen LogP contribution is 2.31. The maximum absolute atomic E-state index is 12.3. The Morgan fingerprint density at radius 1 is 1.11 bits per heavy atom. The number of ether oxygens (including phenoxy) is 1. The van der Waals surface area contributed by atoms with E-state index in [4.69, 9.17) is 4.74 Å². The summed E-state index contributed by atoms with van der Waals surface area (Å²) in [6.07, 6.45) is 0. The number of carbonyl (C=O) groups excluding carboxylic acids is 1. The van der Waals surface area contributed by atoms with Crippen molar-refractivity contribution in [1.82, 2.24) is 0 Å². The lowest BCUT2D eigenvalue weighted by Crippen LogP contribution is -2.04. The van der Waals surface area contributed by atoms with E-state index in [1.54, 1.807) is 24.3 Å². The van der Waals surface area contributed by atoms with Crippen LogP contribution in [0.5, 0.6) is 11.5 Å². The number of aryl methyl sites for hydroxylation is 1. The minimum absolute atomic E-state index is 0.0320. The molecule has 2 aromatic rings. The number of rotatable bonds is 3. The minimum Gasteiger partial charge on any atom is -0.504 e. The van der Waals surface area contributed by atoms with Crippen LogP contribution in [0.15, 0.2) is 42.5 Å². The van der Waals surface area contributed by atoms with Gasteiger partial charge in [-0.1, -0.05) is 35.9 Å². The molecule has 92 valence electrons. The molecule has 0 atom stereocenters. The summed E-state index contributed by atoms with van der Waals surface area (Å²) in [5, 5.41) is 9.65. The quantitative estimate of drug-likeness (QED) is 0.842. The smallest absolute Gasteiger partial charge is 0.196 e. The summed E-state index contributed by atoms with van der Waals surface area (Å²) in [6.45, 7) is 1.96. The van der Waals surface area contributed by atoms with Gasteiger partial charge >= 0.3 is 0 Å². The van der Waals surface area contributed by atoms with E-state index >= 15 is 0 Å². The summed E-state index contributed by atoms with van der Waals surface area (Å²) in [5.41, 5.74) is 2.03. The van der Waals surface area contributed by atoms with Crippen molar-refractivity contribution in [2.45, 2.75) is 6.92 Å². The third kappa shape index (κ3) is 2.20. The van der Waals surface area contributed by atoms with Gasteiger partial charge in [0.2, 0.25) is 0 Å². The molecule has 0 aliphatic rings. The molecule has 0 aromatic heterocycles. The van der Waals surface area contributed by atoms with Crippen LogP contribution in [0.4, 0.5) is 0 Å². The Bertz CT molecular complexity index is 571. The number of hydrogen-bond acceptors (Lipinski definition) is 3. The van der Waals surface area contributed by atoms with Crippen LogP contribution < -0.4 is 4.74 Å². The summed E-state index contributed by atoms with van der Waals surface area (Å²) >= 11 is 0. The maximum atomic E-state index is 12.3. The Kier molecular flexibility index (Phi) is 3.33. The first-order valence-electron chi connectivity index (χ1n) is 5.61. The molecular weight excluding hydrogens is 228 g/mol. The zero-order chi connectivity index (χ0) is 13.1. The molecule has 0 aliphatic heterocycles. The molecule has 1 N–H and O–H groups in total.